The summed E-state index contributed by atoms with van der Waals surface area (Å²) in [5.41, 5.74) is 5.76. The first-order valence-corrected chi connectivity index (χ1v) is 3.88. The number of rotatable bonds is 2. The van der Waals surface area contributed by atoms with E-state index in [2.05, 4.69) is 20.9 Å². The van der Waals surface area contributed by atoms with E-state index in [9.17, 15) is 4.79 Å². The van der Waals surface area contributed by atoms with Gasteiger partial charge in [-0.15, -0.1) is 0 Å². The van der Waals surface area contributed by atoms with Gasteiger partial charge in [0, 0.05) is 11.8 Å². The molecule has 4 heteroatoms. The third kappa shape index (κ3) is 2.10. The number of nitrogens with two attached hydrogens (primary N) is 1. The normalized spacial score (nSPS) is 9.64. The summed E-state index contributed by atoms with van der Waals surface area (Å²) < 4.78 is 0.650. The van der Waals surface area contributed by atoms with Crippen molar-refractivity contribution in [1.29, 1.82) is 0 Å². The number of pyridine rings is 1. The van der Waals surface area contributed by atoms with Crippen LogP contribution in [0.15, 0.2) is 22.9 Å². The van der Waals surface area contributed by atoms with Crippen LogP contribution in [-0.4, -0.2) is 17.3 Å². The number of halogens is 1. The monoisotopic (exact) mass is 214 g/mol. The molecule has 0 spiro atoms. The molecule has 58 valence electrons. The van der Waals surface area contributed by atoms with Crippen LogP contribution in [-0.2, 0) is 0 Å². The lowest BCUT2D eigenvalue weighted by molar-refractivity contribution is 0.100. The van der Waals surface area contributed by atoms with Crippen molar-refractivity contribution in [1.82, 2.24) is 4.98 Å². The summed E-state index contributed by atoms with van der Waals surface area (Å²) in [5, 5.41) is 0. The maximum atomic E-state index is 11.0. The minimum Gasteiger partial charge on any atom is -0.324 e. The lowest BCUT2D eigenvalue weighted by Gasteiger charge is -1.96. The number of ketones is 1. The second kappa shape index (κ2) is 3.59. The van der Waals surface area contributed by atoms with Gasteiger partial charge in [0.25, 0.3) is 0 Å². The van der Waals surface area contributed by atoms with E-state index >= 15 is 0 Å². The topological polar surface area (TPSA) is 56.0 Å². The van der Waals surface area contributed by atoms with Crippen molar-refractivity contribution in [2.24, 2.45) is 5.73 Å². The Morgan fingerprint density at radius 3 is 3.00 bits per heavy atom. The Labute approximate surface area is 72.7 Å². The summed E-state index contributed by atoms with van der Waals surface area (Å²) in [6.45, 7) is 0.0381. The lowest BCUT2D eigenvalue weighted by atomic mass is 10.2. The van der Waals surface area contributed by atoms with Gasteiger partial charge in [0.2, 0.25) is 0 Å². The van der Waals surface area contributed by atoms with E-state index in [1.165, 1.54) is 0 Å². The first kappa shape index (κ1) is 8.36. The van der Waals surface area contributed by atoms with Crippen LogP contribution in [0.3, 0.4) is 0 Å². The standard InChI is InChI=1S/C7H7BrN2O/c8-7-3-5(1-2-10-7)6(11)4-9/h1-3H,4,9H2. The van der Waals surface area contributed by atoms with Crippen LogP contribution in [0.1, 0.15) is 10.4 Å². The molecule has 0 bridgehead atoms. The molecule has 0 fully saturated rings. The molecule has 0 unspecified atom stereocenters. The van der Waals surface area contributed by atoms with E-state index in [1.54, 1.807) is 18.3 Å². The van der Waals surface area contributed by atoms with Gasteiger partial charge in [-0.3, -0.25) is 4.79 Å². The largest absolute Gasteiger partial charge is 0.324 e. The second-order valence-electron chi connectivity index (χ2n) is 1.99. The quantitative estimate of drug-likeness (QED) is 0.591. The van der Waals surface area contributed by atoms with Crippen molar-refractivity contribution in [2.75, 3.05) is 6.54 Å². The highest BCUT2D eigenvalue weighted by molar-refractivity contribution is 9.10. The SMILES string of the molecule is NCC(=O)c1ccnc(Br)c1. The van der Waals surface area contributed by atoms with Gasteiger partial charge in [0.05, 0.1) is 6.54 Å². The third-order valence-electron chi connectivity index (χ3n) is 1.23. The number of hydrogen-bond acceptors (Lipinski definition) is 3. The molecule has 0 aliphatic carbocycles. The Kier molecular flexibility index (Phi) is 2.73. The van der Waals surface area contributed by atoms with Gasteiger partial charge in [-0.25, -0.2) is 4.98 Å². The second-order valence-corrected chi connectivity index (χ2v) is 2.81. The molecular weight excluding hydrogens is 208 g/mol. The molecule has 11 heavy (non-hydrogen) atoms. The van der Waals surface area contributed by atoms with Gasteiger partial charge in [-0.05, 0) is 28.1 Å². The fraction of sp³-hybridized carbons (Fsp3) is 0.143. The van der Waals surface area contributed by atoms with E-state index in [4.69, 9.17) is 5.73 Å². The van der Waals surface area contributed by atoms with Gasteiger partial charge in [0.15, 0.2) is 5.78 Å². The van der Waals surface area contributed by atoms with E-state index in [1.807, 2.05) is 0 Å². The van der Waals surface area contributed by atoms with Crippen LogP contribution in [0.5, 0.6) is 0 Å². The van der Waals surface area contributed by atoms with E-state index < -0.39 is 0 Å². The average Bonchev–Trinajstić information content (AvgIpc) is 2.03. The first-order valence-electron chi connectivity index (χ1n) is 3.09. The highest BCUT2D eigenvalue weighted by atomic mass is 79.9. The van der Waals surface area contributed by atoms with Crippen molar-refractivity contribution in [3.63, 3.8) is 0 Å². The minimum atomic E-state index is -0.0758. The summed E-state index contributed by atoms with van der Waals surface area (Å²) in [6.07, 6.45) is 1.56. The fourth-order valence-electron chi connectivity index (χ4n) is 0.694. The minimum absolute atomic E-state index is 0.0381. The molecule has 1 rings (SSSR count). The number of Topliss-reactive ketones (excluding diaryl/α,β-unsaturated/α-hetero) is 1. The molecule has 0 saturated carbocycles. The van der Waals surface area contributed by atoms with Gasteiger partial charge in [-0.2, -0.15) is 0 Å². The van der Waals surface area contributed by atoms with Gasteiger partial charge in [0.1, 0.15) is 4.60 Å². The van der Waals surface area contributed by atoms with E-state index in [-0.39, 0.29) is 12.3 Å². The van der Waals surface area contributed by atoms with E-state index in [0.29, 0.717) is 10.2 Å². The zero-order valence-corrected chi connectivity index (χ0v) is 7.34. The maximum Gasteiger partial charge on any atom is 0.176 e. The molecule has 2 N–H and O–H groups in total. The molecule has 0 aromatic carbocycles. The average molecular weight is 215 g/mol. The molecule has 1 aromatic rings. The van der Waals surface area contributed by atoms with Gasteiger partial charge in [-0.1, -0.05) is 0 Å². The summed E-state index contributed by atoms with van der Waals surface area (Å²) in [7, 11) is 0. The van der Waals surface area contributed by atoms with Crippen LogP contribution in [0, 0.1) is 0 Å². The highest BCUT2D eigenvalue weighted by Gasteiger charge is 2.02. The van der Waals surface area contributed by atoms with Gasteiger partial charge >= 0.3 is 0 Å². The van der Waals surface area contributed by atoms with Crippen LogP contribution >= 0.6 is 15.9 Å². The number of hydrogen-bond donors (Lipinski definition) is 1. The third-order valence-corrected chi connectivity index (χ3v) is 1.67. The highest BCUT2D eigenvalue weighted by Crippen LogP contribution is 2.07. The fourth-order valence-corrected chi connectivity index (χ4v) is 1.06. The zero-order chi connectivity index (χ0) is 8.27. The molecule has 3 nitrogen and oxygen atoms in total. The maximum absolute atomic E-state index is 11.0. The zero-order valence-electron chi connectivity index (χ0n) is 5.75. The molecule has 1 heterocycles. The van der Waals surface area contributed by atoms with Crippen molar-refractivity contribution in [3.8, 4) is 0 Å². The van der Waals surface area contributed by atoms with Crippen molar-refractivity contribution in [2.45, 2.75) is 0 Å². The Morgan fingerprint density at radius 2 is 2.45 bits per heavy atom. The lowest BCUT2D eigenvalue weighted by Crippen LogP contribution is -2.13. The number of aromatic nitrogens is 1. The van der Waals surface area contributed by atoms with Crippen molar-refractivity contribution in [3.05, 3.63) is 28.5 Å². The molecular formula is C7H7BrN2O. The molecule has 0 atom stereocenters. The van der Waals surface area contributed by atoms with Crippen LogP contribution < -0.4 is 5.73 Å². The summed E-state index contributed by atoms with van der Waals surface area (Å²) in [6, 6.07) is 3.29. The smallest absolute Gasteiger partial charge is 0.176 e. The van der Waals surface area contributed by atoms with Crippen molar-refractivity contribution < 1.29 is 4.79 Å². The molecule has 0 aliphatic rings. The Morgan fingerprint density at radius 1 is 1.73 bits per heavy atom. The van der Waals surface area contributed by atoms with E-state index in [0.717, 1.165) is 0 Å². The van der Waals surface area contributed by atoms with Crippen LogP contribution in [0.4, 0.5) is 0 Å². The number of nitrogens with zero attached hydrogens (tertiary/aromatic N) is 1. The Hall–Kier alpha value is -0.740. The van der Waals surface area contributed by atoms with Crippen LogP contribution in [0.25, 0.3) is 0 Å². The molecule has 1 aromatic heterocycles. The van der Waals surface area contributed by atoms with Gasteiger partial charge < -0.3 is 5.73 Å². The Balaban J connectivity index is 2.96. The molecule has 0 radical (unpaired) electrons. The van der Waals surface area contributed by atoms with Crippen LogP contribution in [0.2, 0.25) is 0 Å². The Bertz CT molecular complexity index is 275. The number of carbonyl (C=O) groups is 1. The molecule has 0 amide bonds. The predicted molar refractivity (Wildman–Crippen MR) is 45.3 cm³/mol. The molecule has 0 aliphatic heterocycles. The summed E-state index contributed by atoms with van der Waals surface area (Å²) in [5.74, 6) is -0.0758. The molecule has 0 saturated heterocycles. The number of carbonyl (C=O) groups excluding carboxylic acids is 1. The summed E-state index contributed by atoms with van der Waals surface area (Å²) in [4.78, 5) is 14.9. The first-order chi connectivity index (χ1) is 5.24. The van der Waals surface area contributed by atoms with Crippen molar-refractivity contribution >= 4 is 21.7 Å². The summed E-state index contributed by atoms with van der Waals surface area (Å²) >= 11 is 3.16. The predicted octanol–water partition coefficient (Wildman–Crippen LogP) is 0.985.